The van der Waals surface area contributed by atoms with E-state index in [1.165, 1.54) is 15.6 Å². The summed E-state index contributed by atoms with van der Waals surface area (Å²) in [5.41, 5.74) is 1.32. The number of sulfonamides is 1. The molecule has 1 fully saturated rings. The number of nitrogens with zero attached hydrogens (tertiary/aromatic N) is 3. The van der Waals surface area contributed by atoms with Crippen molar-refractivity contribution in [2.45, 2.75) is 11.8 Å². The highest BCUT2D eigenvalue weighted by atomic mass is 79.9. The lowest BCUT2D eigenvalue weighted by Crippen LogP contribution is -2.48. The Balaban J connectivity index is 1.48. The third-order valence-electron chi connectivity index (χ3n) is 4.85. The largest absolute Gasteiger partial charge is 0.462 e. The van der Waals surface area contributed by atoms with Gasteiger partial charge in [-0.05, 0) is 49.4 Å². The molecule has 1 aromatic heterocycles. The molecule has 0 amide bonds. The molecule has 2 heterocycles. The van der Waals surface area contributed by atoms with Crippen LogP contribution in [0.2, 0.25) is 0 Å². The molecule has 158 valence electrons. The minimum absolute atomic E-state index is 0.297. The number of rotatable bonds is 5. The number of hydrogen-bond acceptors (Lipinski definition) is 7. The summed E-state index contributed by atoms with van der Waals surface area (Å²) < 4.78 is 34.1. The molecule has 4 rings (SSSR count). The first-order chi connectivity index (χ1) is 14.4. The Morgan fingerprint density at radius 3 is 2.50 bits per heavy atom. The van der Waals surface area contributed by atoms with E-state index in [1.54, 1.807) is 43.3 Å². The Labute approximate surface area is 187 Å². The van der Waals surface area contributed by atoms with E-state index < -0.39 is 10.0 Å². The number of halogens is 1. The number of ether oxygens (including phenoxy) is 1. The highest BCUT2D eigenvalue weighted by Crippen LogP contribution is 2.31. The van der Waals surface area contributed by atoms with Gasteiger partial charge in [-0.25, -0.2) is 18.2 Å². The highest BCUT2D eigenvalue weighted by Gasteiger charge is 2.29. The average Bonchev–Trinajstić information content (AvgIpc) is 3.18. The van der Waals surface area contributed by atoms with Crippen molar-refractivity contribution in [3.63, 3.8) is 0 Å². The van der Waals surface area contributed by atoms with Gasteiger partial charge < -0.3 is 9.64 Å². The molecular formula is C20H20BrN3O4S2. The van der Waals surface area contributed by atoms with E-state index in [-0.39, 0.29) is 5.97 Å². The second-order valence-corrected chi connectivity index (χ2v) is 10.6. The van der Waals surface area contributed by atoms with Crippen LogP contribution in [-0.4, -0.2) is 56.5 Å². The second-order valence-electron chi connectivity index (χ2n) is 6.74. The minimum atomic E-state index is -3.51. The smallest absolute Gasteiger partial charge is 0.338 e. The molecule has 7 nitrogen and oxygen atoms in total. The molecule has 30 heavy (non-hydrogen) atoms. The molecule has 0 unspecified atom stereocenters. The summed E-state index contributed by atoms with van der Waals surface area (Å²) in [6.45, 7) is 4.00. The molecule has 0 radical (unpaired) electrons. The summed E-state index contributed by atoms with van der Waals surface area (Å²) >= 11 is 4.82. The van der Waals surface area contributed by atoms with E-state index in [4.69, 9.17) is 4.74 Å². The number of benzene rings is 2. The topological polar surface area (TPSA) is 79.8 Å². The van der Waals surface area contributed by atoms with Gasteiger partial charge in [0.05, 0.1) is 27.3 Å². The molecule has 2 aromatic carbocycles. The standard InChI is InChI=1S/C20H20BrN3O4S2/c1-2-28-19(25)14-3-8-17-18(13-14)29-20(22-17)23-9-11-24(12-10-23)30(26,27)16-6-4-15(21)5-7-16/h3-8,13H,2,9-12H2,1H3. The lowest BCUT2D eigenvalue weighted by atomic mass is 10.2. The Morgan fingerprint density at radius 2 is 1.83 bits per heavy atom. The Bertz CT molecular complexity index is 1170. The van der Waals surface area contributed by atoms with Crippen LogP contribution in [0.1, 0.15) is 17.3 Å². The van der Waals surface area contributed by atoms with Gasteiger partial charge in [0.2, 0.25) is 10.0 Å². The number of thiazole rings is 1. The van der Waals surface area contributed by atoms with Crippen molar-refractivity contribution in [3.05, 3.63) is 52.5 Å². The van der Waals surface area contributed by atoms with Gasteiger partial charge in [0.25, 0.3) is 0 Å². The molecule has 1 aliphatic rings. The molecule has 0 bridgehead atoms. The lowest BCUT2D eigenvalue weighted by molar-refractivity contribution is 0.0526. The summed E-state index contributed by atoms with van der Waals surface area (Å²) in [7, 11) is -3.51. The first-order valence-electron chi connectivity index (χ1n) is 9.47. The number of carbonyl (C=O) groups is 1. The van der Waals surface area contributed by atoms with E-state index in [0.29, 0.717) is 43.2 Å². The molecule has 10 heteroatoms. The first kappa shape index (κ1) is 21.2. The minimum Gasteiger partial charge on any atom is -0.462 e. The van der Waals surface area contributed by atoms with Crippen molar-refractivity contribution < 1.29 is 17.9 Å². The highest BCUT2D eigenvalue weighted by molar-refractivity contribution is 9.10. The fraction of sp³-hybridized carbons (Fsp3) is 0.300. The third-order valence-corrected chi connectivity index (χ3v) is 8.37. The molecule has 1 saturated heterocycles. The van der Waals surface area contributed by atoms with Crippen LogP contribution in [0, 0.1) is 0 Å². The van der Waals surface area contributed by atoms with Crippen molar-refractivity contribution in [1.29, 1.82) is 0 Å². The van der Waals surface area contributed by atoms with Crippen LogP contribution >= 0.6 is 27.3 Å². The molecular weight excluding hydrogens is 490 g/mol. The van der Waals surface area contributed by atoms with Crippen LogP contribution < -0.4 is 4.90 Å². The summed E-state index contributed by atoms with van der Waals surface area (Å²) in [6.07, 6.45) is 0. The average molecular weight is 510 g/mol. The molecule has 0 N–H and O–H groups in total. The zero-order valence-corrected chi connectivity index (χ0v) is 19.5. The number of carbonyl (C=O) groups excluding carboxylic acids is 1. The maximum Gasteiger partial charge on any atom is 0.338 e. The van der Waals surface area contributed by atoms with E-state index in [1.807, 2.05) is 6.07 Å². The zero-order valence-electron chi connectivity index (χ0n) is 16.2. The Kier molecular flexibility index (Phi) is 6.10. The number of aromatic nitrogens is 1. The maximum atomic E-state index is 12.9. The molecule has 3 aromatic rings. The van der Waals surface area contributed by atoms with Crippen LogP contribution in [0.4, 0.5) is 5.13 Å². The summed E-state index contributed by atoms with van der Waals surface area (Å²) in [5, 5.41) is 0.826. The van der Waals surface area contributed by atoms with E-state index >= 15 is 0 Å². The Morgan fingerprint density at radius 1 is 1.13 bits per heavy atom. The Hall–Kier alpha value is -2.01. The second kappa shape index (κ2) is 8.62. The number of esters is 1. The van der Waals surface area contributed by atoms with E-state index in [0.717, 1.165) is 19.8 Å². The zero-order chi connectivity index (χ0) is 21.3. The van der Waals surface area contributed by atoms with E-state index in [9.17, 15) is 13.2 Å². The van der Waals surface area contributed by atoms with Crippen LogP contribution in [0.3, 0.4) is 0 Å². The normalized spacial score (nSPS) is 15.5. The van der Waals surface area contributed by atoms with Crippen LogP contribution in [-0.2, 0) is 14.8 Å². The molecule has 0 saturated carbocycles. The summed E-state index contributed by atoms with van der Waals surface area (Å²) in [5.74, 6) is -0.346. The summed E-state index contributed by atoms with van der Waals surface area (Å²) in [6, 6.07) is 12.0. The quantitative estimate of drug-likeness (QED) is 0.487. The molecule has 0 atom stereocenters. The lowest BCUT2D eigenvalue weighted by Gasteiger charge is -2.33. The van der Waals surface area contributed by atoms with Crippen LogP contribution in [0.5, 0.6) is 0 Å². The third kappa shape index (κ3) is 4.22. The van der Waals surface area contributed by atoms with E-state index in [2.05, 4.69) is 25.8 Å². The predicted octanol–water partition coefficient (Wildman–Crippen LogP) is 3.75. The van der Waals surface area contributed by atoms with Crippen LogP contribution in [0.15, 0.2) is 51.8 Å². The van der Waals surface area contributed by atoms with Crippen LogP contribution in [0.25, 0.3) is 10.2 Å². The van der Waals surface area contributed by atoms with Gasteiger partial charge in [-0.15, -0.1) is 0 Å². The van der Waals surface area contributed by atoms with Gasteiger partial charge in [-0.1, -0.05) is 27.3 Å². The van der Waals surface area contributed by atoms with Crippen molar-refractivity contribution >= 4 is 58.6 Å². The van der Waals surface area contributed by atoms with Gasteiger partial charge in [0.15, 0.2) is 5.13 Å². The van der Waals surface area contributed by atoms with Crippen molar-refractivity contribution in [2.75, 3.05) is 37.7 Å². The predicted molar refractivity (Wildman–Crippen MR) is 121 cm³/mol. The SMILES string of the molecule is CCOC(=O)c1ccc2nc(N3CCN(S(=O)(=O)c4ccc(Br)cc4)CC3)sc2c1. The van der Waals surface area contributed by atoms with Gasteiger partial charge in [0, 0.05) is 30.7 Å². The monoisotopic (exact) mass is 509 g/mol. The van der Waals surface area contributed by atoms with Gasteiger partial charge in [-0.3, -0.25) is 0 Å². The molecule has 0 spiro atoms. The molecule has 1 aliphatic heterocycles. The summed E-state index contributed by atoms with van der Waals surface area (Å²) in [4.78, 5) is 19.0. The number of anilines is 1. The van der Waals surface area contributed by atoms with Crippen molar-refractivity contribution in [1.82, 2.24) is 9.29 Å². The number of hydrogen-bond donors (Lipinski definition) is 0. The van der Waals surface area contributed by atoms with Crippen molar-refractivity contribution in [3.8, 4) is 0 Å². The first-order valence-corrected chi connectivity index (χ1v) is 12.5. The number of fused-ring (bicyclic) bond motifs is 1. The van der Waals surface area contributed by atoms with Crippen molar-refractivity contribution in [2.24, 2.45) is 0 Å². The maximum absolute atomic E-state index is 12.9. The van der Waals surface area contributed by atoms with Gasteiger partial charge in [0.1, 0.15) is 0 Å². The van der Waals surface area contributed by atoms with Gasteiger partial charge in [-0.2, -0.15) is 4.31 Å². The fourth-order valence-electron chi connectivity index (χ4n) is 3.26. The van der Waals surface area contributed by atoms with Gasteiger partial charge >= 0.3 is 5.97 Å². The molecule has 0 aliphatic carbocycles. The number of piperazine rings is 1. The fourth-order valence-corrected chi connectivity index (χ4v) is 6.01.